The Bertz CT molecular complexity index is 623. The molecule has 1 amide bonds. The van der Waals surface area contributed by atoms with Crippen LogP contribution < -0.4 is 5.32 Å². The molecule has 0 bridgehead atoms. The van der Waals surface area contributed by atoms with Crippen molar-refractivity contribution >= 4 is 33.2 Å². The molecule has 1 aromatic heterocycles. The van der Waals surface area contributed by atoms with Crippen molar-refractivity contribution in [2.45, 2.75) is 25.4 Å². The number of nitrogens with zero attached hydrogens (tertiary/aromatic N) is 2. The number of hydrogen-bond acceptors (Lipinski definition) is 4. The predicted molar refractivity (Wildman–Crippen MR) is 92.0 cm³/mol. The summed E-state index contributed by atoms with van der Waals surface area (Å²) in [5.74, 6) is -0.0662. The third-order valence-electron chi connectivity index (χ3n) is 3.88. The van der Waals surface area contributed by atoms with Crippen LogP contribution in [0.15, 0.2) is 39.6 Å². The average molecular weight is 380 g/mol. The molecule has 2 aromatic rings. The van der Waals surface area contributed by atoms with Crippen molar-refractivity contribution in [2.24, 2.45) is 0 Å². The smallest absolute Gasteiger partial charge is 0.271 e. The molecule has 1 fully saturated rings. The second kappa shape index (κ2) is 7.35. The van der Waals surface area contributed by atoms with Gasteiger partial charge in [-0.1, -0.05) is 30.3 Å². The summed E-state index contributed by atoms with van der Waals surface area (Å²) in [4.78, 5) is 18.7. The number of piperidine rings is 1. The number of hydrogen-bond donors (Lipinski definition) is 1. The van der Waals surface area contributed by atoms with Gasteiger partial charge in [0.15, 0.2) is 3.92 Å². The topological polar surface area (TPSA) is 45.2 Å². The van der Waals surface area contributed by atoms with E-state index in [9.17, 15) is 4.79 Å². The van der Waals surface area contributed by atoms with E-state index in [2.05, 4.69) is 55.4 Å². The molecule has 3 rings (SSSR count). The lowest BCUT2D eigenvalue weighted by molar-refractivity contribution is 0.0904. The zero-order chi connectivity index (χ0) is 15.4. The van der Waals surface area contributed by atoms with Gasteiger partial charge in [0, 0.05) is 31.1 Å². The summed E-state index contributed by atoms with van der Waals surface area (Å²) in [6.45, 7) is 3.02. The van der Waals surface area contributed by atoms with Gasteiger partial charge in [-0.2, -0.15) is 0 Å². The molecular weight excluding hydrogens is 362 g/mol. The van der Waals surface area contributed by atoms with Crippen molar-refractivity contribution in [3.63, 3.8) is 0 Å². The molecule has 2 heterocycles. The molecule has 0 spiro atoms. The fraction of sp³-hybridized carbons (Fsp3) is 0.375. The van der Waals surface area contributed by atoms with Crippen molar-refractivity contribution in [1.29, 1.82) is 0 Å². The molecule has 22 heavy (non-hydrogen) atoms. The molecule has 1 saturated heterocycles. The first-order valence-corrected chi connectivity index (χ1v) is 9.06. The monoisotopic (exact) mass is 379 g/mol. The zero-order valence-electron chi connectivity index (χ0n) is 12.2. The Hall–Kier alpha value is -1.24. The van der Waals surface area contributed by atoms with E-state index >= 15 is 0 Å². The molecule has 0 unspecified atom stereocenters. The Balaban J connectivity index is 1.46. The normalized spacial score (nSPS) is 16.6. The van der Waals surface area contributed by atoms with Gasteiger partial charge in [-0.25, -0.2) is 4.98 Å². The van der Waals surface area contributed by atoms with Crippen molar-refractivity contribution in [3.8, 4) is 0 Å². The van der Waals surface area contributed by atoms with E-state index < -0.39 is 0 Å². The maximum atomic E-state index is 12.1. The maximum absolute atomic E-state index is 12.1. The van der Waals surface area contributed by atoms with Gasteiger partial charge in [0.25, 0.3) is 5.91 Å². The van der Waals surface area contributed by atoms with Gasteiger partial charge in [0.05, 0.1) is 0 Å². The van der Waals surface area contributed by atoms with Gasteiger partial charge in [-0.05, 0) is 34.3 Å². The molecule has 0 atom stereocenters. The fourth-order valence-corrected chi connectivity index (χ4v) is 3.68. The van der Waals surface area contributed by atoms with Crippen molar-refractivity contribution in [1.82, 2.24) is 15.2 Å². The lowest BCUT2D eigenvalue weighted by Crippen LogP contribution is -2.44. The van der Waals surface area contributed by atoms with Crippen LogP contribution in [0.2, 0.25) is 0 Å². The van der Waals surface area contributed by atoms with Gasteiger partial charge >= 0.3 is 0 Å². The van der Waals surface area contributed by atoms with Crippen molar-refractivity contribution in [2.75, 3.05) is 13.1 Å². The summed E-state index contributed by atoms with van der Waals surface area (Å²) in [7, 11) is 0. The van der Waals surface area contributed by atoms with Gasteiger partial charge in [-0.3, -0.25) is 9.69 Å². The summed E-state index contributed by atoms with van der Waals surface area (Å²) in [5, 5.41) is 4.87. The predicted octanol–water partition coefficient (Wildman–Crippen LogP) is 3.30. The van der Waals surface area contributed by atoms with Crippen LogP contribution in [0.3, 0.4) is 0 Å². The number of carbonyl (C=O) groups is 1. The summed E-state index contributed by atoms with van der Waals surface area (Å²) in [6, 6.07) is 10.8. The first-order valence-electron chi connectivity index (χ1n) is 7.39. The quantitative estimate of drug-likeness (QED) is 0.886. The van der Waals surface area contributed by atoms with Crippen LogP contribution >= 0.6 is 27.3 Å². The molecule has 1 aromatic carbocycles. The second-order valence-electron chi connectivity index (χ2n) is 5.50. The molecule has 1 N–H and O–H groups in total. The van der Waals surface area contributed by atoms with Gasteiger partial charge in [0.1, 0.15) is 5.69 Å². The highest BCUT2D eigenvalue weighted by Crippen LogP contribution is 2.17. The van der Waals surface area contributed by atoms with Crippen LogP contribution in [0.5, 0.6) is 0 Å². The first kappa shape index (κ1) is 15.6. The fourth-order valence-electron chi connectivity index (χ4n) is 2.69. The van der Waals surface area contributed by atoms with Gasteiger partial charge in [0.2, 0.25) is 0 Å². The summed E-state index contributed by atoms with van der Waals surface area (Å²) >= 11 is 4.72. The minimum atomic E-state index is -0.0662. The van der Waals surface area contributed by atoms with Crippen LogP contribution in [-0.4, -0.2) is 34.9 Å². The Morgan fingerprint density at radius 3 is 2.68 bits per heavy atom. The number of amides is 1. The van der Waals surface area contributed by atoms with E-state index in [0.29, 0.717) is 5.69 Å². The largest absolute Gasteiger partial charge is 0.348 e. The highest BCUT2D eigenvalue weighted by Gasteiger charge is 2.22. The molecule has 0 saturated carbocycles. The van der Waals surface area contributed by atoms with E-state index in [1.807, 2.05) is 6.07 Å². The number of halogens is 1. The third kappa shape index (κ3) is 4.15. The van der Waals surface area contributed by atoms with Crippen molar-refractivity contribution in [3.05, 3.63) is 50.9 Å². The Kier molecular flexibility index (Phi) is 5.23. The Morgan fingerprint density at radius 1 is 1.32 bits per heavy atom. The zero-order valence-corrected chi connectivity index (χ0v) is 14.6. The minimum absolute atomic E-state index is 0.0662. The van der Waals surface area contributed by atoms with E-state index in [-0.39, 0.29) is 11.9 Å². The van der Waals surface area contributed by atoms with Crippen LogP contribution in [0, 0.1) is 0 Å². The number of nitrogens with one attached hydrogen (secondary N) is 1. The van der Waals surface area contributed by atoms with Crippen LogP contribution in [0.25, 0.3) is 0 Å². The SMILES string of the molecule is O=C(NC1CCN(Cc2ccccc2)CC1)c1csc(Br)n1. The van der Waals surface area contributed by atoms with Crippen LogP contribution in [-0.2, 0) is 6.54 Å². The standard InChI is InChI=1S/C16H18BrN3OS/c17-16-19-14(11-22-16)15(21)18-13-6-8-20(9-7-13)10-12-4-2-1-3-5-12/h1-5,11,13H,6-10H2,(H,18,21). The number of aromatic nitrogens is 1. The van der Waals surface area contributed by atoms with Crippen molar-refractivity contribution < 1.29 is 4.79 Å². The van der Waals surface area contributed by atoms with E-state index in [4.69, 9.17) is 0 Å². The third-order valence-corrected chi connectivity index (χ3v) is 5.25. The molecule has 4 nitrogen and oxygen atoms in total. The average Bonchev–Trinajstić information content (AvgIpc) is 2.97. The van der Waals surface area contributed by atoms with Gasteiger partial charge in [-0.15, -0.1) is 11.3 Å². The second-order valence-corrected chi connectivity index (χ2v) is 7.63. The van der Waals surface area contributed by atoms with E-state index in [0.717, 1.165) is 36.4 Å². The van der Waals surface area contributed by atoms with E-state index in [1.165, 1.54) is 16.9 Å². The maximum Gasteiger partial charge on any atom is 0.271 e. The summed E-state index contributed by atoms with van der Waals surface area (Å²) in [6.07, 6.45) is 1.98. The number of thiazole rings is 1. The lowest BCUT2D eigenvalue weighted by atomic mass is 10.0. The van der Waals surface area contributed by atoms with E-state index in [1.54, 1.807) is 5.38 Å². The number of likely N-dealkylation sites (tertiary alicyclic amines) is 1. The Labute approximate surface area is 142 Å². The minimum Gasteiger partial charge on any atom is -0.348 e. The lowest BCUT2D eigenvalue weighted by Gasteiger charge is -2.32. The van der Waals surface area contributed by atoms with Crippen LogP contribution in [0.4, 0.5) is 0 Å². The highest BCUT2D eigenvalue weighted by molar-refractivity contribution is 9.11. The van der Waals surface area contributed by atoms with Gasteiger partial charge < -0.3 is 5.32 Å². The van der Waals surface area contributed by atoms with Crippen LogP contribution in [0.1, 0.15) is 28.9 Å². The summed E-state index contributed by atoms with van der Waals surface area (Å²) < 4.78 is 0.746. The number of benzene rings is 1. The number of rotatable bonds is 4. The molecule has 1 aliphatic rings. The molecule has 116 valence electrons. The first-order chi connectivity index (χ1) is 10.7. The summed E-state index contributed by atoms with van der Waals surface area (Å²) in [5.41, 5.74) is 1.85. The number of carbonyl (C=O) groups excluding carboxylic acids is 1. The molecule has 0 aliphatic carbocycles. The molecule has 0 radical (unpaired) electrons. The molecular formula is C16H18BrN3OS. The Morgan fingerprint density at radius 2 is 2.05 bits per heavy atom. The highest BCUT2D eigenvalue weighted by atomic mass is 79.9. The molecule has 6 heteroatoms. The molecule has 1 aliphatic heterocycles.